The molecule has 0 bridgehead atoms. The fourth-order valence-corrected chi connectivity index (χ4v) is 1.97. The van der Waals surface area contributed by atoms with E-state index in [-0.39, 0.29) is 16.0 Å². The van der Waals surface area contributed by atoms with Gasteiger partial charge in [-0.05, 0) is 44.0 Å². The van der Waals surface area contributed by atoms with Gasteiger partial charge in [0.1, 0.15) is 11.6 Å². The van der Waals surface area contributed by atoms with E-state index in [0.717, 1.165) is 12.1 Å². The van der Waals surface area contributed by atoms with Gasteiger partial charge in [0.25, 0.3) is 0 Å². The molecule has 2 aromatic rings. The predicted molar refractivity (Wildman–Crippen MR) is 73.7 cm³/mol. The fourth-order valence-electron chi connectivity index (χ4n) is 1.31. The number of nitrogens with two attached hydrogens (primary N) is 1. The molecule has 1 aromatic carbocycles. The zero-order valence-corrected chi connectivity index (χ0v) is 12.0. The van der Waals surface area contributed by atoms with Crippen molar-refractivity contribution in [2.75, 3.05) is 11.1 Å². The maximum Gasteiger partial charge on any atom is 0.153 e. The number of aromatic nitrogens is 1. The van der Waals surface area contributed by atoms with Crippen LogP contribution in [0.2, 0.25) is 0 Å². The van der Waals surface area contributed by atoms with E-state index in [4.69, 9.17) is 5.73 Å². The lowest BCUT2D eigenvalue weighted by Gasteiger charge is -2.10. The summed E-state index contributed by atoms with van der Waals surface area (Å²) in [7, 11) is 0. The van der Waals surface area contributed by atoms with Crippen molar-refractivity contribution in [1.29, 1.82) is 0 Å². The number of nitrogen functional groups attached to an aromatic ring is 1. The molecule has 3 nitrogen and oxygen atoms in total. The zero-order valence-electron chi connectivity index (χ0n) is 8.85. The maximum atomic E-state index is 13.6. The number of rotatable bonds is 2. The molecule has 1 heterocycles. The molecule has 0 saturated heterocycles. The largest absolute Gasteiger partial charge is 0.396 e. The number of anilines is 3. The van der Waals surface area contributed by atoms with E-state index in [1.165, 1.54) is 6.20 Å². The van der Waals surface area contributed by atoms with E-state index < -0.39 is 11.6 Å². The van der Waals surface area contributed by atoms with Crippen LogP contribution in [0.15, 0.2) is 33.3 Å². The average molecular weight is 379 g/mol. The first-order chi connectivity index (χ1) is 8.47. The minimum atomic E-state index is -0.604. The summed E-state index contributed by atoms with van der Waals surface area (Å²) >= 11 is 6.11. The van der Waals surface area contributed by atoms with Crippen LogP contribution < -0.4 is 11.1 Å². The second kappa shape index (κ2) is 5.19. The maximum absolute atomic E-state index is 13.6. The topological polar surface area (TPSA) is 50.9 Å². The zero-order chi connectivity index (χ0) is 13.3. The first-order valence-corrected chi connectivity index (χ1v) is 6.38. The van der Waals surface area contributed by atoms with Gasteiger partial charge in [0.2, 0.25) is 0 Å². The number of pyridine rings is 1. The van der Waals surface area contributed by atoms with Crippen molar-refractivity contribution in [2.45, 2.75) is 0 Å². The van der Waals surface area contributed by atoms with Gasteiger partial charge in [-0.25, -0.2) is 13.8 Å². The third-order valence-corrected chi connectivity index (χ3v) is 3.19. The van der Waals surface area contributed by atoms with E-state index in [1.807, 2.05) is 0 Å². The molecule has 18 heavy (non-hydrogen) atoms. The minimum absolute atomic E-state index is 0.0303. The van der Waals surface area contributed by atoms with Crippen molar-refractivity contribution in [1.82, 2.24) is 4.98 Å². The molecule has 2 rings (SSSR count). The fraction of sp³-hybridized carbons (Fsp3) is 0. The number of hydrogen-bond donors (Lipinski definition) is 2. The van der Waals surface area contributed by atoms with Gasteiger partial charge in [-0.2, -0.15) is 0 Å². The van der Waals surface area contributed by atoms with Crippen molar-refractivity contribution in [3.05, 3.63) is 45.0 Å². The average Bonchev–Trinajstić information content (AvgIpc) is 2.29. The molecule has 0 aliphatic carbocycles. The Morgan fingerprint density at radius 1 is 1.11 bits per heavy atom. The first kappa shape index (κ1) is 13.2. The summed E-state index contributed by atoms with van der Waals surface area (Å²) in [6.07, 6.45) is 1.51. The van der Waals surface area contributed by atoms with Gasteiger partial charge in [0.05, 0.1) is 15.8 Å². The molecule has 0 atom stereocenters. The van der Waals surface area contributed by atoms with E-state index in [0.29, 0.717) is 10.2 Å². The molecular formula is C11H7Br2F2N3. The van der Waals surface area contributed by atoms with E-state index in [2.05, 4.69) is 42.2 Å². The van der Waals surface area contributed by atoms with Gasteiger partial charge in [0, 0.05) is 16.7 Å². The molecule has 0 aliphatic rings. The van der Waals surface area contributed by atoms with Gasteiger partial charge >= 0.3 is 0 Å². The standard InChI is InChI=1S/C11H7Br2F2N3/c12-5-1-9(16)11(17-4-5)18-10-3-7(14)6(13)2-8(10)15/h1-4H,16H2,(H,17,18). The van der Waals surface area contributed by atoms with Crippen molar-refractivity contribution in [2.24, 2.45) is 0 Å². The Hall–Kier alpha value is -1.21. The lowest BCUT2D eigenvalue weighted by molar-refractivity contribution is 0.598. The van der Waals surface area contributed by atoms with Crippen molar-refractivity contribution < 1.29 is 8.78 Å². The van der Waals surface area contributed by atoms with Crippen LogP contribution in [0, 0.1) is 11.6 Å². The van der Waals surface area contributed by atoms with E-state index in [9.17, 15) is 8.78 Å². The van der Waals surface area contributed by atoms with Crippen LogP contribution in [0.25, 0.3) is 0 Å². The highest BCUT2D eigenvalue weighted by molar-refractivity contribution is 9.10. The van der Waals surface area contributed by atoms with E-state index >= 15 is 0 Å². The summed E-state index contributed by atoms with van der Waals surface area (Å²) < 4.78 is 27.7. The lowest BCUT2D eigenvalue weighted by atomic mass is 10.3. The van der Waals surface area contributed by atoms with Crippen LogP contribution in [-0.2, 0) is 0 Å². The highest BCUT2D eigenvalue weighted by Crippen LogP contribution is 2.28. The van der Waals surface area contributed by atoms with Crippen LogP contribution >= 0.6 is 31.9 Å². The Balaban J connectivity index is 2.37. The number of hydrogen-bond acceptors (Lipinski definition) is 3. The summed E-state index contributed by atoms with van der Waals surface area (Å²) in [5, 5.41) is 2.64. The second-order valence-corrected chi connectivity index (χ2v) is 5.23. The van der Waals surface area contributed by atoms with Gasteiger partial charge < -0.3 is 11.1 Å². The number of halogens is 4. The third-order valence-electron chi connectivity index (χ3n) is 2.15. The SMILES string of the molecule is Nc1cc(Br)cnc1Nc1cc(F)c(Br)cc1F. The first-order valence-electron chi connectivity index (χ1n) is 4.80. The molecule has 1 aromatic heterocycles. The highest BCUT2D eigenvalue weighted by atomic mass is 79.9. The van der Waals surface area contributed by atoms with Crippen LogP contribution in [-0.4, -0.2) is 4.98 Å². The van der Waals surface area contributed by atoms with E-state index in [1.54, 1.807) is 6.07 Å². The Morgan fingerprint density at radius 3 is 2.50 bits per heavy atom. The Kier molecular flexibility index (Phi) is 3.82. The van der Waals surface area contributed by atoms with Gasteiger partial charge in [-0.3, -0.25) is 0 Å². The quantitative estimate of drug-likeness (QED) is 0.769. The summed E-state index contributed by atoms with van der Waals surface area (Å²) in [4.78, 5) is 3.98. The van der Waals surface area contributed by atoms with Gasteiger partial charge in [0.15, 0.2) is 5.82 Å². The molecule has 0 unspecified atom stereocenters. The molecule has 0 radical (unpaired) electrons. The number of nitrogens with zero attached hydrogens (tertiary/aromatic N) is 1. The summed E-state index contributed by atoms with van der Waals surface area (Å²) in [5.41, 5.74) is 6.00. The van der Waals surface area contributed by atoms with Crippen molar-refractivity contribution >= 4 is 49.1 Å². The molecule has 0 aliphatic heterocycles. The molecule has 0 amide bonds. The van der Waals surface area contributed by atoms with Crippen molar-refractivity contribution in [3.8, 4) is 0 Å². The monoisotopic (exact) mass is 377 g/mol. The Labute approximate surface area is 119 Å². The van der Waals surface area contributed by atoms with Crippen LogP contribution in [0.3, 0.4) is 0 Å². The van der Waals surface area contributed by atoms with Crippen LogP contribution in [0.4, 0.5) is 26.0 Å². The van der Waals surface area contributed by atoms with Gasteiger partial charge in [-0.1, -0.05) is 0 Å². The molecule has 94 valence electrons. The van der Waals surface area contributed by atoms with Crippen LogP contribution in [0.1, 0.15) is 0 Å². The molecule has 3 N–H and O–H groups in total. The lowest BCUT2D eigenvalue weighted by Crippen LogP contribution is -2.01. The Bertz CT molecular complexity index is 605. The summed E-state index contributed by atoms with van der Waals surface area (Å²) in [5.74, 6) is -0.916. The number of benzene rings is 1. The third kappa shape index (κ3) is 2.78. The summed E-state index contributed by atoms with van der Waals surface area (Å²) in [6, 6.07) is 3.68. The predicted octanol–water partition coefficient (Wildman–Crippen LogP) is 4.21. The minimum Gasteiger partial charge on any atom is -0.396 e. The summed E-state index contributed by atoms with van der Waals surface area (Å²) in [6.45, 7) is 0. The Morgan fingerprint density at radius 2 is 1.83 bits per heavy atom. The smallest absolute Gasteiger partial charge is 0.153 e. The molecule has 0 saturated carbocycles. The highest BCUT2D eigenvalue weighted by Gasteiger charge is 2.10. The molecule has 7 heteroatoms. The van der Waals surface area contributed by atoms with Gasteiger partial charge in [-0.15, -0.1) is 0 Å². The second-order valence-electron chi connectivity index (χ2n) is 3.46. The normalized spacial score (nSPS) is 10.4. The van der Waals surface area contributed by atoms with Crippen molar-refractivity contribution in [3.63, 3.8) is 0 Å². The molecule has 0 spiro atoms. The molecular weight excluding hydrogens is 372 g/mol. The molecule has 0 fully saturated rings. The number of nitrogens with one attached hydrogen (secondary N) is 1. The van der Waals surface area contributed by atoms with Crippen LogP contribution in [0.5, 0.6) is 0 Å².